The molecule has 17 heavy (non-hydrogen) atoms. The van der Waals surface area contributed by atoms with Gasteiger partial charge in [-0.05, 0) is 47.3 Å². The zero-order valence-corrected chi connectivity index (χ0v) is 12.1. The van der Waals surface area contributed by atoms with Gasteiger partial charge in [-0.25, -0.2) is 4.98 Å². The zero-order valence-electron chi connectivity index (χ0n) is 10.5. The van der Waals surface area contributed by atoms with Crippen LogP contribution in [0.3, 0.4) is 0 Å². The Hall–Kier alpha value is -0.610. The third kappa shape index (κ3) is 2.80. The molecular weight excluding hydrogens is 278 g/mol. The Kier molecular flexibility index (Phi) is 4.05. The molecular formula is C13H20BrN3. The van der Waals surface area contributed by atoms with Crippen molar-refractivity contribution in [3.05, 3.63) is 22.3 Å². The molecule has 0 aliphatic carbocycles. The third-order valence-corrected chi connectivity index (χ3v) is 4.49. The van der Waals surface area contributed by atoms with Gasteiger partial charge in [0.1, 0.15) is 5.82 Å². The molecule has 2 atom stereocenters. The van der Waals surface area contributed by atoms with Gasteiger partial charge in [0.2, 0.25) is 0 Å². The number of aromatic nitrogens is 1. The molecule has 0 spiro atoms. The molecule has 1 aliphatic heterocycles. The van der Waals surface area contributed by atoms with Gasteiger partial charge >= 0.3 is 0 Å². The van der Waals surface area contributed by atoms with E-state index in [1.54, 1.807) is 0 Å². The number of hydrogen-bond donors (Lipinski definition) is 1. The Bertz CT molecular complexity index is 394. The van der Waals surface area contributed by atoms with Crippen LogP contribution in [0.15, 0.2) is 16.6 Å². The van der Waals surface area contributed by atoms with Crippen molar-refractivity contribution in [2.75, 3.05) is 18.0 Å². The molecule has 0 bridgehead atoms. The molecule has 0 radical (unpaired) electrons. The molecule has 1 fully saturated rings. The van der Waals surface area contributed by atoms with Crippen LogP contribution in [0.25, 0.3) is 0 Å². The maximum atomic E-state index is 6.13. The highest BCUT2D eigenvalue weighted by atomic mass is 79.9. The van der Waals surface area contributed by atoms with Crippen molar-refractivity contribution in [1.82, 2.24) is 4.98 Å². The highest BCUT2D eigenvalue weighted by Gasteiger charge is 2.25. The largest absolute Gasteiger partial charge is 0.356 e. The predicted octanol–water partition coefficient (Wildman–Crippen LogP) is 2.72. The number of hydrogen-bond acceptors (Lipinski definition) is 3. The molecule has 3 nitrogen and oxygen atoms in total. The summed E-state index contributed by atoms with van der Waals surface area (Å²) in [5.41, 5.74) is 7.18. The van der Waals surface area contributed by atoms with Crippen LogP contribution in [0.5, 0.6) is 0 Å². The number of nitrogens with zero attached hydrogens (tertiary/aromatic N) is 2. The average molecular weight is 298 g/mol. The molecule has 1 saturated heterocycles. The Morgan fingerprint density at radius 2 is 2.29 bits per heavy atom. The average Bonchev–Trinajstić information content (AvgIpc) is 2.33. The molecule has 0 amide bonds. The van der Waals surface area contributed by atoms with Crippen LogP contribution >= 0.6 is 15.9 Å². The summed E-state index contributed by atoms with van der Waals surface area (Å²) in [5, 5.41) is 0. The number of rotatable bonds is 2. The lowest BCUT2D eigenvalue weighted by Gasteiger charge is -2.37. The zero-order chi connectivity index (χ0) is 12.4. The fraction of sp³-hybridized carbons (Fsp3) is 0.615. The number of pyridine rings is 1. The summed E-state index contributed by atoms with van der Waals surface area (Å²) in [4.78, 5) is 6.99. The van der Waals surface area contributed by atoms with Gasteiger partial charge in [-0.1, -0.05) is 13.3 Å². The number of piperidine rings is 1. The van der Waals surface area contributed by atoms with Crippen LogP contribution in [-0.2, 0) is 0 Å². The maximum Gasteiger partial charge on any atom is 0.128 e. The van der Waals surface area contributed by atoms with E-state index in [0.717, 1.165) is 41.9 Å². The van der Waals surface area contributed by atoms with Crippen molar-refractivity contribution in [3.63, 3.8) is 0 Å². The fourth-order valence-corrected chi connectivity index (χ4v) is 2.62. The second-order valence-electron chi connectivity index (χ2n) is 4.80. The normalized spacial score (nSPS) is 25.1. The lowest BCUT2D eigenvalue weighted by molar-refractivity contribution is 0.346. The smallest absolute Gasteiger partial charge is 0.128 e. The van der Waals surface area contributed by atoms with E-state index in [0.29, 0.717) is 12.0 Å². The standard InChI is InChI=1S/C13H20BrN3/c1-3-10-8-17(7-6-12(10)15)13-5-4-11(14)9(2)16-13/h4-5,10,12H,3,6-8,15H2,1-2H3. The SMILES string of the molecule is CCC1CN(c2ccc(Br)c(C)n2)CCC1N. The van der Waals surface area contributed by atoms with Gasteiger partial charge < -0.3 is 10.6 Å². The molecule has 0 aromatic carbocycles. The van der Waals surface area contributed by atoms with Crippen LogP contribution in [0, 0.1) is 12.8 Å². The molecule has 2 heterocycles. The van der Waals surface area contributed by atoms with Crippen molar-refractivity contribution in [2.24, 2.45) is 11.7 Å². The van der Waals surface area contributed by atoms with Crippen LogP contribution in [0.4, 0.5) is 5.82 Å². The van der Waals surface area contributed by atoms with Gasteiger partial charge in [0.25, 0.3) is 0 Å². The highest BCUT2D eigenvalue weighted by Crippen LogP contribution is 2.25. The van der Waals surface area contributed by atoms with E-state index < -0.39 is 0 Å². The number of halogens is 1. The monoisotopic (exact) mass is 297 g/mol. The topological polar surface area (TPSA) is 42.2 Å². The second kappa shape index (κ2) is 5.36. The van der Waals surface area contributed by atoms with Gasteiger partial charge in [0, 0.05) is 23.6 Å². The molecule has 2 unspecified atom stereocenters. The summed E-state index contributed by atoms with van der Waals surface area (Å²) in [7, 11) is 0. The van der Waals surface area contributed by atoms with E-state index in [9.17, 15) is 0 Å². The lowest BCUT2D eigenvalue weighted by atomic mass is 9.91. The molecule has 94 valence electrons. The van der Waals surface area contributed by atoms with Crippen LogP contribution < -0.4 is 10.6 Å². The summed E-state index contributed by atoms with van der Waals surface area (Å²) < 4.78 is 1.07. The molecule has 1 aromatic heterocycles. The van der Waals surface area contributed by atoms with Gasteiger partial charge in [0.05, 0.1) is 5.69 Å². The summed E-state index contributed by atoms with van der Waals surface area (Å²) >= 11 is 3.49. The van der Waals surface area contributed by atoms with Crippen molar-refractivity contribution >= 4 is 21.7 Å². The van der Waals surface area contributed by atoms with E-state index >= 15 is 0 Å². The molecule has 1 aromatic rings. The van der Waals surface area contributed by atoms with Gasteiger partial charge in [0.15, 0.2) is 0 Å². The van der Waals surface area contributed by atoms with E-state index in [1.165, 1.54) is 0 Å². The van der Waals surface area contributed by atoms with E-state index in [2.05, 4.69) is 44.9 Å². The van der Waals surface area contributed by atoms with Crippen LogP contribution in [-0.4, -0.2) is 24.1 Å². The van der Waals surface area contributed by atoms with Crippen LogP contribution in [0.2, 0.25) is 0 Å². The Labute approximate surface area is 112 Å². The molecule has 1 aliphatic rings. The van der Waals surface area contributed by atoms with Gasteiger partial charge in [-0.2, -0.15) is 0 Å². The first-order chi connectivity index (χ1) is 8.11. The first-order valence-corrected chi connectivity index (χ1v) is 7.04. The van der Waals surface area contributed by atoms with Gasteiger partial charge in [-0.3, -0.25) is 0 Å². The second-order valence-corrected chi connectivity index (χ2v) is 5.66. The Morgan fingerprint density at radius 3 is 2.94 bits per heavy atom. The Morgan fingerprint density at radius 1 is 1.53 bits per heavy atom. The van der Waals surface area contributed by atoms with Gasteiger partial charge in [-0.15, -0.1) is 0 Å². The Balaban J connectivity index is 2.14. The quantitative estimate of drug-likeness (QED) is 0.913. The van der Waals surface area contributed by atoms with Crippen LogP contribution in [0.1, 0.15) is 25.5 Å². The van der Waals surface area contributed by atoms with Crippen molar-refractivity contribution in [1.29, 1.82) is 0 Å². The maximum absolute atomic E-state index is 6.13. The van der Waals surface area contributed by atoms with E-state index in [-0.39, 0.29) is 0 Å². The van der Waals surface area contributed by atoms with Crippen molar-refractivity contribution in [3.8, 4) is 0 Å². The summed E-state index contributed by atoms with van der Waals surface area (Å²) in [5.74, 6) is 1.67. The minimum atomic E-state index is 0.354. The number of nitrogens with two attached hydrogens (primary N) is 1. The number of anilines is 1. The number of aryl methyl sites for hydroxylation is 1. The first-order valence-electron chi connectivity index (χ1n) is 6.25. The lowest BCUT2D eigenvalue weighted by Crippen LogP contribution is -2.47. The van der Waals surface area contributed by atoms with Crippen molar-refractivity contribution in [2.45, 2.75) is 32.7 Å². The molecule has 2 rings (SSSR count). The van der Waals surface area contributed by atoms with Crippen molar-refractivity contribution < 1.29 is 0 Å². The third-order valence-electron chi connectivity index (χ3n) is 3.65. The molecule has 0 saturated carbocycles. The molecule has 2 N–H and O–H groups in total. The minimum absolute atomic E-state index is 0.354. The predicted molar refractivity (Wildman–Crippen MR) is 75.3 cm³/mol. The summed E-state index contributed by atoms with van der Waals surface area (Å²) in [6.07, 6.45) is 2.21. The summed E-state index contributed by atoms with van der Waals surface area (Å²) in [6, 6.07) is 4.51. The summed E-state index contributed by atoms with van der Waals surface area (Å²) in [6.45, 7) is 6.30. The highest BCUT2D eigenvalue weighted by molar-refractivity contribution is 9.10. The molecule has 4 heteroatoms. The van der Waals surface area contributed by atoms with E-state index in [1.807, 2.05) is 6.92 Å². The first kappa shape index (κ1) is 12.8. The minimum Gasteiger partial charge on any atom is -0.356 e. The fourth-order valence-electron chi connectivity index (χ4n) is 2.40. The van der Waals surface area contributed by atoms with E-state index in [4.69, 9.17) is 5.73 Å².